The maximum atomic E-state index is 12.7. The van der Waals surface area contributed by atoms with Crippen LogP contribution in [0.2, 0.25) is 0 Å². The van der Waals surface area contributed by atoms with Gasteiger partial charge in [0.25, 0.3) is 5.91 Å². The number of hydrogen-bond donors (Lipinski definition) is 1. The van der Waals surface area contributed by atoms with Gasteiger partial charge in [0.2, 0.25) is 5.91 Å². The number of aryl methyl sites for hydroxylation is 1. The molecule has 1 aliphatic rings. The van der Waals surface area contributed by atoms with Crippen molar-refractivity contribution in [2.75, 3.05) is 11.9 Å². The Labute approximate surface area is 182 Å². The number of benzene rings is 2. The Balaban J connectivity index is 1.60. The van der Waals surface area contributed by atoms with E-state index in [9.17, 15) is 9.59 Å². The van der Waals surface area contributed by atoms with Crippen molar-refractivity contribution in [3.05, 3.63) is 69.0 Å². The topological polar surface area (TPSA) is 49.4 Å². The van der Waals surface area contributed by atoms with Crippen molar-refractivity contribution in [1.82, 2.24) is 4.90 Å². The molecular weight excluding hydrogens is 456 g/mol. The number of thioether (sulfide) groups is 1. The molecule has 1 N–H and O–H groups in total. The van der Waals surface area contributed by atoms with Crippen molar-refractivity contribution < 1.29 is 9.59 Å². The minimum atomic E-state index is -0.161. The maximum absolute atomic E-state index is 12.7. The van der Waals surface area contributed by atoms with Gasteiger partial charge in [-0.15, -0.1) is 0 Å². The molecule has 0 radical (unpaired) electrons. The third-order valence-corrected chi connectivity index (χ3v) is 6.10. The highest BCUT2D eigenvalue weighted by Crippen LogP contribution is 2.32. The normalized spacial score (nSPS) is 15.4. The number of carbonyl (C=O) groups is 2. The van der Waals surface area contributed by atoms with E-state index in [1.807, 2.05) is 42.5 Å². The van der Waals surface area contributed by atoms with E-state index >= 15 is 0 Å². The van der Waals surface area contributed by atoms with Gasteiger partial charge in [-0.1, -0.05) is 77.2 Å². The molecule has 0 atom stereocenters. The van der Waals surface area contributed by atoms with Gasteiger partial charge >= 0.3 is 0 Å². The Kier molecular flexibility index (Phi) is 7.04. The molecule has 0 saturated carbocycles. The van der Waals surface area contributed by atoms with Crippen molar-refractivity contribution in [3.63, 3.8) is 0 Å². The molecule has 1 fully saturated rings. The van der Waals surface area contributed by atoms with E-state index in [1.54, 1.807) is 0 Å². The van der Waals surface area contributed by atoms with E-state index in [-0.39, 0.29) is 24.8 Å². The number of carbonyl (C=O) groups excluding carboxylic acids is 2. The van der Waals surface area contributed by atoms with Gasteiger partial charge in [0, 0.05) is 23.1 Å². The minimum Gasteiger partial charge on any atom is -0.326 e. The standard InChI is InChI=1S/C21H19BrN2O2S2/c1-2-14-6-8-15(9-7-14)12-18-20(26)24(21(27)28-18)11-10-19(25)23-17-5-3-4-16(22)13-17/h3-9,12-13H,2,10-11H2,1H3,(H,23,25). The lowest BCUT2D eigenvalue weighted by Gasteiger charge is -2.14. The summed E-state index contributed by atoms with van der Waals surface area (Å²) < 4.78 is 1.37. The first-order valence-electron chi connectivity index (χ1n) is 8.86. The highest BCUT2D eigenvalue weighted by molar-refractivity contribution is 9.10. The summed E-state index contributed by atoms with van der Waals surface area (Å²) in [5.41, 5.74) is 2.92. The summed E-state index contributed by atoms with van der Waals surface area (Å²) in [7, 11) is 0. The van der Waals surface area contributed by atoms with Gasteiger partial charge in [0.15, 0.2) is 0 Å². The SMILES string of the molecule is CCc1ccc(C=C2SC(=S)N(CCC(=O)Nc3cccc(Br)c3)C2=O)cc1. The lowest BCUT2D eigenvalue weighted by Crippen LogP contribution is -2.31. The largest absolute Gasteiger partial charge is 0.326 e. The van der Waals surface area contributed by atoms with Gasteiger partial charge in [-0.25, -0.2) is 0 Å². The Hall–Kier alpha value is -1.96. The number of amides is 2. The molecule has 144 valence electrons. The maximum Gasteiger partial charge on any atom is 0.266 e. The van der Waals surface area contributed by atoms with Gasteiger partial charge in [-0.3, -0.25) is 14.5 Å². The lowest BCUT2D eigenvalue weighted by atomic mass is 10.1. The number of hydrogen-bond acceptors (Lipinski definition) is 4. The zero-order valence-electron chi connectivity index (χ0n) is 15.3. The first-order valence-corrected chi connectivity index (χ1v) is 10.9. The number of thiocarbonyl (C=S) groups is 1. The minimum absolute atomic E-state index is 0.148. The Morgan fingerprint density at radius 2 is 2.00 bits per heavy atom. The van der Waals surface area contributed by atoms with E-state index in [0.29, 0.717) is 14.9 Å². The van der Waals surface area contributed by atoms with Crippen LogP contribution in [0.3, 0.4) is 0 Å². The summed E-state index contributed by atoms with van der Waals surface area (Å²) in [6, 6.07) is 15.5. The van der Waals surface area contributed by atoms with Crippen LogP contribution in [0, 0.1) is 0 Å². The number of anilines is 1. The van der Waals surface area contributed by atoms with E-state index < -0.39 is 0 Å². The zero-order chi connectivity index (χ0) is 20.1. The van der Waals surface area contributed by atoms with Crippen molar-refractivity contribution in [2.24, 2.45) is 0 Å². The average Bonchev–Trinajstić information content (AvgIpc) is 2.93. The molecule has 1 aliphatic heterocycles. The van der Waals surface area contributed by atoms with Gasteiger partial charge in [0.1, 0.15) is 4.32 Å². The summed E-state index contributed by atoms with van der Waals surface area (Å²) >= 11 is 9.99. The summed E-state index contributed by atoms with van der Waals surface area (Å²) in [4.78, 5) is 26.9. The highest BCUT2D eigenvalue weighted by Gasteiger charge is 2.32. The van der Waals surface area contributed by atoms with Crippen LogP contribution in [0.15, 0.2) is 57.9 Å². The van der Waals surface area contributed by atoms with Crippen molar-refractivity contribution in [3.8, 4) is 0 Å². The Bertz CT molecular complexity index is 942. The second kappa shape index (κ2) is 9.49. The fraction of sp³-hybridized carbons (Fsp3) is 0.190. The monoisotopic (exact) mass is 474 g/mol. The van der Waals surface area contributed by atoms with E-state index in [4.69, 9.17) is 12.2 Å². The zero-order valence-corrected chi connectivity index (χ0v) is 18.5. The smallest absolute Gasteiger partial charge is 0.266 e. The van der Waals surface area contributed by atoms with Crippen molar-refractivity contribution in [1.29, 1.82) is 0 Å². The van der Waals surface area contributed by atoms with Crippen LogP contribution in [0.4, 0.5) is 5.69 Å². The molecule has 7 heteroatoms. The quantitative estimate of drug-likeness (QED) is 0.459. The molecule has 2 aromatic rings. The predicted octanol–water partition coefficient (Wildman–Crippen LogP) is 5.24. The molecule has 2 amide bonds. The second-order valence-corrected chi connectivity index (χ2v) is 8.83. The summed E-state index contributed by atoms with van der Waals surface area (Å²) in [5.74, 6) is -0.309. The molecule has 0 unspecified atom stereocenters. The first-order chi connectivity index (χ1) is 13.5. The molecule has 2 aromatic carbocycles. The Morgan fingerprint density at radius 1 is 1.25 bits per heavy atom. The number of nitrogens with zero attached hydrogens (tertiary/aromatic N) is 1. The van der Waals surface area contributed by atoms with Gasteiger partial charge in [0.05, 0.1) is 4.91 Å². The van der Waals surface area contributed by atoms with E-state index in [1.165, 1.54) is 22.2 Å². The van der Waals surface area contributed by atoms with Crippen LogP contribution in [0.25, 0.3) is 6.08 Å². The molecule has 28 heavy (non-hydrogen) atoms. The molecule has 0 aromatic heterocycles. The third-order valence-electron chi connectivity index (χ3n) is 4.23. The molecule has 0 spiro atoms. The van der Waals surface area contributed by atoms with Crippen LogP contribution in [0.1, 0.15) is 24.5 Å². The number of halogens is 1. The molecular formula is C21H19BrN2O2S2. The first kappa shape index (κ1) is 20.8. The lowest BCUT2D eigenvalue weighted by molar-refractivity contribution is -0.122. The van der Waals surface area contributed by atoms with Crippen molar-refractivity contribution in [2.45, 2.75) is 19.8 Å². The molecule has 4 nitrogen and oxygen atoms in total. The van der Waals surface area contributed by atoms with Crippen LogP contribution in [-0.2, 0) is 16.0 Å². The Morgan fingerprint density at radius 3 is 2.68 bits per heavy atom. The molecule has 3 rings (SSSR count). The predicted molar refractivity (Wildman–Crippen MR) is 123 cm³/mol. The van der Waals surface area contributed by atoms with E-state index in [2.05, 4.69) is 40.3 Å². The van der Waals surface area contributed by atoms with Crippen LogP contribution in [0.5, 0.6) is 0 Å². The van der Waals surface area contributed by atoms with Gasteiger partial charge in [-0.05, 0) is 41.8 Å². The summed E-state index contributed by atoms with van der Waals surface area (Å²) in [6.07, 6.45) is 3.00. The van der Waals surface area contributed by atoms with Crippen LogP contribution in [-0.4, -0.2) is 27.6 Å². The van der Waals surface area contributed by atoms with Gasteiger partial charge in [-0.2, -0.15) is 0 Å². The third kappa shape index (κ3) is 5.31. The van der Waals surface area contributed by atoms with Gasteiger partial charge < -0.3 is 5.32 Å². The number of rotatable bonds is 6. The van der Waals surface area contributed by atoms with Crippen molar-refractivity contribution >= 4 is 67.8 Å². The summed E-state index contributed by atoms with van der Waals surface area (Å²) in [5, 5.41) is 2.83. The number of nitrogens with one attached hydrogen (secondary N) is 1. The average molecular weight is 475 g/mol. The molecule has 1 saturated heterocycles. The fourth-order valence-electron chi connectivity index (χ4n) is 2.70. The second-order valence-electron chi connectivity index (χ2n) is 6.24. The highest BCUT2D eigenvalue weighted by atomic mass is 79.9. The van der Waals surface area contributed by atoms with Crippen LogP contribution >= 0.6 is 39.9 Å². The molecule has 0 aliphatic carbocycles. The van der Waals surface area contributed by atoms with Crippen LogP contribution < -0.4 is 5.32 Å². The molecule has 1 heterocycles. The fourth-order valence-corrected chi connectivity index (χ4v) is 4.40. The summed E-state index contributed by atoms with van der Waals surface area (Å²) in [6.45, 7) is 2.36. The van der Waals surface area contributed by atoms with E-state index in [0.717, 1.165) is 16.5 Å². The molecule has 0 bridgehead atoms.